The third-order valence-corrected chi connectivity index (χ3v) is 11.2. The zero-order valence-corrected chi connectivity index (χ0v) is 38.1. The van der Waals surface area contributed by atoms with Crippen LogP contribution in [0.2, 0.25) is 0 Å². The Hall–Kier alpha value is -1.59. The second kappa shape index (κ2) is 47.1. The van der Waals surface area contributed by atoms with Crippen molar-refractivity contribution >= 4 is 17.9 Å². The number of carbonyl (C=O) groups is 3. The van der Waals surface area contributed by atoms with Crippen molar-refractivity contribution in [2.45, 2.75) is 297 Å². The highest BCUT2D eigenvalue weighted by Crippen LogP contribution is 2.16. The van der Waals surface area contributed by atoms with Crippen molar-refractivity contribution in [1.82, 2.24) is 0 Å². The van der Waals surface area contributed by atoms with Crippen molar-refractivity contribution in [1.29, 1.82) is 0 Å². The molecule has 0 radical (unpaired) electrons. The van der Waals surface area contributed by atoms with E-state index in [1.807, 2.05) is 0 Å². The van der Waals surface area contributed by atoms with Gasteiger partial charge in [-0.25, -0.2) is 0 Å². The molecule has 0 aliphatic rings. The fourth-order valence-corrected chi connectivity index (χ4v) is 7.40. The summed E-state index contributed by atoms with van der Waals surface area (Å²) in [5.74, 6) is -2.93. The lowest BCUT2D eigenvalue weighted by molar-refractivity contribution is -0.167. The number of ether oxygens (including phenoxy) is 3. The minimum Gasteiger partial charge on any atom is -0.462 e. The second-order valence-electron chi connectivity index (χ2n) is 16.9. The van der Waals surface area contributed by atoms with Crippen molar-refractivity contribution in [2.75, 3.05) is 13.1 Å². The fraction of sp³-hybridized carbons (Fsp3) is 0.941. The van der Waals surface area contributed by atoms with Crippen molar-refractivity contribution in [3.63, 3.8) is 0 Å². The quantitative estimate of drug-likeness (QED) is 0.0346. The van der Waals surface area contributed by atoms with Gasteiger partial charge >= 0.3 is 17.9 Å². The summed E-state index contributed by atoms with van der Waals surface area (Å²) in [6.45, 7) is -0.189. The van der Waals surface area contributed by atoms with Crippen LogP contribution in [-0.2, 0) is 28.6 Å². The summed E-state index contributed by atoms with van der Waals surface area (Å²) in [7, 11) is 0. The summed E-state index contributed by atoms with van der Waals surface area (Å²) in [5, 5.41) is 0. The molecule has 0 rings (SSSR count). The van der Waals surface area contributed by atoms with E-state index in [1.54, 1.807) is 0 Å². The Morgan fingerprint density at radius 1 is 0.333 bits per heavy atom. The lowest BCUT2D eigenvalue weighted by atomic mass is 10.0. The van der Waals surface area contributed by atoms with Crippen molar-refractivity contribution < 1.29 is 35.4 Å². The van der Waals surface area contributed by atoms with E-state index in [0.717, 1.165) is 77.0 Å². The third kappa shape index (κ3) is 45.3. The molecular weight excluding hydrogens is 709 g/mol. The summed E-state index contributed by atoms with van der Waals surface area (Å²) in [4.78, 5) is 38.9. The van der Waals surface area contributed by atoms with E-state index >= 15 is 0 Å². The molecule has 0 atom stereocenters. The van der Waals surface area contributed by atoms with Crippen LogP contribution in [0.4, 0.5) is 0 Å². The van der Waals surface area contributed by atoms with Gasteiger partial charge in [0.2, 0.25) is 0 Å². The Labute approximate surface area is 362 Å². The molecule has 338 valence electrons. The van der Waals surface area contributed by atoms with Crippen LogP contribution < -0.4 is 0 Å². The average molecular weight is 812 g/mol. The molecule has 0 aliphatic carbocycles. The molecule has 0 aromatic rings. The fourth-order valence-electron chi connectivity index (χ4n) is 7.40. The molecule has 0 fully saturated rings. The SMILES string of the molecule is [2H]C([2H])(OC(=O)CCCCCCCCCCCCCCC)C([2H])(OC(=O)CCCCCCCCCCCCCCC)C([2H])([2H])OC(=O)CCCCCCCCCCCCCCC. The van der Waals surface area contributed by atoms with Crippen LogP contribution in [0, 0.1) is 0 Å². The molecule has 57 heavy (non-hydrogen) atoms. The van der Waals surface area contributed by atoms with E-state index in [9.17, 15) is 14.4 Å². The van der Waals surface area contributed by atoms with E-state index in [-0.39, 0.29) is 19.3 Å². The molecule has 0 aliphatic heterocycles. The molecule has 6 heteroatoms. The minimum absolute atomic E-state index is 0.123. The van der Waals surface area contributed by atoms with Gasteiger partial charge in [-0.3, -0.25) is 14.4 Å². The topological polar surface area (TPSA) is 78.9 Å². The maximum absolute atomic E-state index is 13.1. The molecule has 6 nitrogen and oxygen atoms in total. The maximum Gasteiger partial charge on any atom is 0.306 e. The summed E-state index contributed by atoms with van der Waals surface area (Å²) < 4.78 is 58.7. The van der Waals surface area contributed by atoms with Crippen molar-refractivity contribution in [3.8, 4) is 0 Å². The van der Waals surface area contributed by atoms with Gasteiger partial charge < -0.3 is 14.2 Å². The second-order valence-corrected chi connectivity index (χ2v) is 16.9. The molecule has 0 aromatic carbocycles. The molecule has 0 unspecified atom stereocenters. The maximum atomic E-state index is 13.1. The normalized spacial score (nSPS) is 13.4. The molecule has 0 amide bonds. The van der Waals surface area contributed by atoms with Gasteiger partial charge in [0.25, 0.3) is 0 Å². The van der Waals surface area contributed by atoms with Crippen LogP contribution in [0.25, 0.3) is 0 Å². The zero-order chi connectivity index (χ0) is 46.1. The standard InChI is InChI=1S/C51H98O6/c1-4-7-10-13-16-19-22-25-28-31-34-37-40-43-49(52)55-46-48(57-51(54)45-42-39-36-33-30-27-24-21-18-15-12-9-6-3)47-56-50(53)44-41-38-35-32-29-26-23-20-17-14-11-8-5-2/h48H,4-47H2,1-3H3/i46D2,47D2,48D. The van der Waals surface area contributed by atoms with Crippen LogP contribution in [-0.4, -0.2) is 37.1 Å². The summed E-state index contributed by atoms with van der Waals surface area (Å²) >= 11 is 0. The molecule has 0 saturated carbocycles. The van der Waals surface area contributed by atoms with Gasteiger partial charge in [-0.05, 0) is 19.3 Å². The Morgan fingerprint density at radius 3 is 0.754 bits per heavy atom. The number of unbranched alkanes of at least 4 members (excludes halogenated alkanes) is 36. The van der Waals surface area contributed by atoms with Crippen LogP contribution in [0.15, 0.2) is 0 Å². The van der Waals surface area contributed by atoms with Crippen molar-refractivity contribution in [3.05, 3.63) is 0 Å². The van der Waals surface area contributed by atoms with Crippen LogP contribution >= 0.6 is 0 Å². The Kier molecular flexibility index (Phi) is 38.4. The van der Waals surface area contributed by atoms with Gasteiger partial charge in [0.15, 0.2) is 6.08 Å². The Balaban J connectivity index is 5.00. The van der Waals surface area contributed by atoms with Crippen molar-refractivity contribution in [2.24, 2.45) is 0 Å². The predicted octanol–water partition coefficient (Wildman–Crippen LogP) is 16.4. The van der Waals surface area contributed by atoms with Gasteiger partial charge in [0.05, 0.1) is 6.85 Å². The molecular formula is C51H98O6. The van der Waals surface area contributed by atoms with E-state index in [4.69, 9.17) is 21.1 Å². The first-order valence-electron chi connectivity index (χ1n) is 27.5. The van der Waals surface area contributed by atoms with Crippen LogP contribution in [0.1, 0.15) is 297 Å². The molecule has 0 bridgehead atoms. The van der Waals surface area contributed by atoms with Gasteiger partial charge in [-0.2, -0.15) is 0 Å². The van der Waals surface area contributed by atoms with Gasteiger partial charge in [0.1, 0.15) is 13.1 Å². The first-order chi connectivity index (χ1) is 29.9. The first-order valence-corrected chi connectivity index (χ1v) is 25.0. The summed E-state index contributed by atoms with van der Waals surface area (Å²) in [6, 6.07) is 0. The summed E-state index contributed by atoms with van der Waals surface area (Å²) in [5.41, 5.74) is 0. The van der Waals surface area contributed by atoms with Gasteiger partial charge in [0, 0.05) is 19.3 Å². The molecule has 0 aromatic heterocycles. The summed E-state index contributed by atoms with van der Waals surface area (Å²) in [6.07, 6.45) is 39.8. The number of hydrogen-bond acceptors (Lipinski definition) is 6. The molecule has 0 spiro atoms. The van der Waals surface area contributed by atoms with E-state index in [0.29, 0.717) is 19.3 Å². The zero-order valence-electron chi connectivity index (χ0n) is 43.1. The highest BCUT2D eigenvalue weighted by atomic mass is 16.6. The lowest BCUT2D eigenvalue weighted by Gasteiger charge is -2.18. The highest BCUT2D eigenvalue weighted by molar-refractivity contribution is 5.71. The smallest absolute Gasteiger partial charge is 0.306 e. The Morgan fingerprint density at radius 2 is 0.526 bits per heavy atom. The first kappa shape index (κ1) is 46.5. The van der Waals surface area contributed by atoms with Gasteiger partial charge in [-0.15, -0.1) is 0 Å². The Bertz CT molecular complexity index is 1000. The molecule has 0 saturated heterocycles. The number of hydrogen-bond donors (Lipinski definition) is 0. The molecule has 0 N–H and O–H groups in total. The minimum atomic E-state index is -3.48. The van der Waals surface area contributed by atoms with E-state index in [2.05, 4.69) is 20.8 Å². The lowest BCUT2D eigenvalue weighted by Crippen LogP contribution is -2.30. The van der Waals surface area contributed by atoms with Crippen LogP contribution in [0.3, 0.4) is 0 Å². The third-order valence-electron chi connectivity index (χ3n) is 11.2. The van der Waals surface area contributed by atoms with Crippen LogP contribution in [0.5, 0.6) is 0 Å². The highest BCUT2D eigenvalue weighted by Gasteiger charge is 2.19. The molecule has 0 heterocycles. The number of rotatable bonds is 47. The number of esters is 3. The van der Waals surface area contributed by atoms with E-state index < -0.39 is 37.1 Å². The number of carbonyl (C=O) groups excluding carboxylic acids is 3. The largest absolute Gasteiger partial charge is 0.462 e. The predicted molar refractivity (Wildman–Crippen MR) is 243 cm³/mol. The van der Waals surface area contributed by atoms with Gasteiger partial charge in [-0.1, -0.05) is 252 Å². The monoisotopic (exact) mass is 812 g/mol. The average Bonchev–Trinajstić information content (AvgIpc) is 3.22. The van der Waals surface area contributed by atoms with E-state index in [1.165, 1.54) is 154 Å².